The van der Waals surface area contributed by atoms with Crippen molar-refractivity contribution in [2.75, 3.05) is 26.7 Å². The summed E-state index contributed by atoms with van der Waals surface area (Å²) in [5.41, 5.74) is 1.60. The first kappa shape index (κ1) is 16.1. The van der Waals surface area contributed by atoms with Crippen molar-refractivity contribution in [1.29, 1.82) is 0 Å². The summed E-state index contributed by atoms with van der Waals surface area (Å²) < 4.78 is 18.8. The van der Waals surface area contributed by atoms with Crippen molar-refractivity contribution >= 4 is 0 Å². The van der Waals surface area contributed by atoms with Crippen LogP contribution in [0.15, 0.2) is 34.9 Å². The van der Waals surface area contributed by atoms with Crippen LogP contribution in [0.4, 0.5) is 4.39 Å². The summed E-state index contributed by atoms with van der Waals surface area (Å²) in [6.07, 6.45) is 5.44. The van der Waals surface area contributed by atoms with E-state index in [-0.39, 0.29) is 5.82 Å². The Labute approximate surface area is 136 Å². The summed E-state index contributed by atoms with van der Waals surface area (Å²) in [6, 6.07) is 6.35. The number of likely N-dealkylation sites (tertiary alicyclic amines) is 1. The van der Waals surface area contributed by atoms with E-state index >= 15 is 0 Å². The summed E-state index contributed by atoms with van der Waals surface area (Å²) in [7, 11) is 2.01. The molecule has 2 aromatic rings. The summed E-state index contributed by atoms with van der Waals surface area (Å²) in [6.45, 7) is 4.12. The van der Waals surface area contributed by atoms with Crippen molar-refractivity contribution in [3.63, 3.8) is 0 Å². The highest BCUT2D eigenvalue weighted by molar-refractivity contribution is 5.52. The zero-order valence-electron chi connectivity index (χ0n) is 13.6. The van der Waals surface area contributed by atoms with Gasteiger partial charge in [0.2, 0.25) is 5.89 Å². The Kier molecular flexibility index (Phi) is 5.41. The number of nitrogens with zero attached hydrogens (tertiary/aromatic N) is 2. The fraction of sp³-hybridized carbons (Fsp3) is 0.500. The molecule has 0 unspecified atom stereocenters. The Morgan fingerprint density at radius 1 is 1.35 bits per heavy atom. The van der Waals surface area contributed by atoms with Crippen LogP contribution in [0.1, 0.15) is 25.0 Å². The van der Waals surface area contributed by atoms with Crippen LogP contribution >= 0.6 is 0 Å². The fourth-order valence-electron chi connectivity index (χ4n) is 3.14. The normalized spacial score (nSPS) is 16.8. The van der Waals surface area contributed by atoms with Gasteiger partial charge in [-0.1, -0.05) is 6.07 Å². The smallest absolute Gasteiger partial charge is 0.226 e. The molecule has 0 atom stereocenters. The minimum Gasteiger partial charge on any atom is -0.444 e. The van der Waals surface area contributed by atoms with Gasteiger partial charge in [0, 0.05) is 12.1 Å². The van der Waals surface area contributed by atoms with E-state index in [4.69, 9.17) is 4.42 Å². The number of piperidine rings is 1. The summed E-state index contributed by atoms with van der Waals surface area (Å²) in [5.74, 6) is 1.05. The van der Waals surface area contributed by atoms with E-state index in [9.17, 15) is 4.39 Å². The van der Waals surface area contributed by atoms with Crippen LogP contribution in [0.25, 0.3) is 11.5 Å². The van der Waals surface area contributed by atoms with E-state index in [2.05, 4.69) is 15.2 Å². The predicted molar refractivity (Wildman–Crippen MR) is 88.4 cm³/mol. The van der Waals surface area contributed by atoms with Gasteiger partial charge in [-0.3, -0.25) is 4.90 Å². The van der Waals surface area contributed by atoms with Crippen LogP contribution in [0, 0.1) is 11.7 Å². The quantitative estimate of drug-likeness (QED) is 0.887. The molecule has 3 rings (SSSR count). The predicted octanol–water partition coefficient (Wildman–Crippen LogP) is 3.30. The summed E-state index contributed by atoms with van der Waals surface area (Å²) >= 11 is 0. The van der Waals surface area contributed by atoms with E-state index < -0.39 is 0 Å². The fourth-order valence-corrected chi connectivity index (χ4v) is 3.14. The van der Waals surface area contributed by atoms with E-state index in [0.29, 0.717) is 11.5 Å². The van der Waals surface area contributed by atoms with Gasteiger partial charge in [0.1, 0.15) is 12.1 Å². The van der Waals surface area contributed by atoms with Crippen molar-refractivity contribution < 1.29 is 8.81 Å². The number of halogens is 1. The first-order valence-electron chi connectivity index (χ1n) is 8.32. The van der Waals surface area contributed by atoms with Crippen molar-refractivity contribution in [3.05, 3.63) is 42.0 Å². The lowest BCUT2D eigenvalue weighted by atomic mass is 9.93. The summed E-state index contributed by atoms with van der Waals surface area (Å²) in [4.78, 5) is 6.92. The molecule has 23 heavy (non-hydrogen) atoms. The first-order chi connectivity index (χ1) is 11.2. The maximum Gasteiger partial charge on any atom is 0.226 e. The van der Waals surface area contributed by atoms with Crippen molar-refractivity contribution in [1.82, 2.24) is 15.2 Å². The highest BCUT2D eigenvalue weighted by Crippen LogP contribution is 2.23. The number of hydrogen-bond acceptors (Lipinski definition) is 4. The molecule has 1 aliphatic rings. The van der Waals surface area contributed by atoms with Crippen molar-refractivity contribution in [2.45, 2.75) is 25.8 Å². The molecule has 1 aliphatic heterocycles. The van der Waals surface area contributed by atoms with Crippen LogP contribution in [0.3, 0.4) is 0 Å². The Balaban J connectivity index is 1.54. The van der Waals surface area contributed by atoms with Crippen LogP contribution in [-0.4, -0.2) is 36.6 Å². The van der Waals surface area contributed by atoms with Gasteiger partial charge >= 0.3 is 0 Å². The number of oxazole rings is 1. The van der Waals surface area contributed by atoms with Gasteiger partial charge in [0.15, 0.2) is 0 Å². The average Bonchev–Trinajstić information content (AvgIpc) is 3.03. The molecule has 0 spiro atoms. The van der Waals surface area contributed by atoms with Crippen LogP contribution in [-0.2, 0) is 6.54 Å². The molecule has 1 aromatic heterocycles. The van der Waals surface area contributed by atoms with E-state index in [0.717, 1.165) is 37.8 Å². The molecule has 0 amide bonds. The van der Waals surface area contributed by atoms with Crippen LogP contribution < -0.4 is 5.32 Å². The van der Waals surface area contributed by atoms with Gasteiger partial charge in [-0.05, 0) is 70.1 Å². The lowest BCUT2D eigenvalue weighted by Crippen LogP contribution is -2.34. The topological polar surface area (TPSA) is 41.3 Å². The molecule has 1 fully saturated rings. The maximum atomic E-state index is 13.3. The lowest BCUT2D eigenvalue weighted by Gasteiger charge is -2.31. The highest BCUT2D eigenvalue weighted by Gasteiger charge is 2.20. The zero-order valence-corrected chi connectivity index (χ0v) is 13.6. The largest absolute Gasteiger partial charge is 0.444 e. The molecular weight excluding hydrogens is 293 g/mol. The molecule has 124 valence electrons. The number of benzene rings is 1. The Morgan fingerprint density at radius 2 is 2.17 bits per heavy atom. The van der Waals surface area contributed by atoms with Crippen molar-refractivity contribution in [2.24, 2.45) is 5.92 Å². The summed E-state index contributed by atoms with van der Waals surface area (Å²) in [5, 5.41) is 3.23. The van der Waals surface area contributed by atoms with Gasteiger partial charge in [-0.2, -0.15) is 0 Å². The zero-order chi connectivity index (χ0) is 16.1. The molecule has 5 heteroatoms. The average molecular weight is 317 g/mol. The molecule has 2 heterocycles. The van der Waals surface area contributed by atoms with E-state index in [1.165, 1.54) is 31.4 Å². The molecule has 4 nitrogen and oxygen atoms in total. The second-order valence-electron chi connectivity index (χ2n) is 6.27. The molecule has 0 bridgehead atoms. The lowest BCUT2D eigenvalue weighted by molar-refractivity contribution is 0.170. The van der Waals surface area contributed by atoms with E-state index in [1.807, 2.05) is 13.1 Å². The number of hydrogen-bond donors (Lipinski definition) is 1. The minimum absolute atomic E-state index is 0.272. The molecule has 0 saturated carbocycles. The van der Waals surface area contributed by atoms with Crippen LogP contribution in [0.5, 0.6) is 0 Å². The minimum atomic E-state index is -0.272. The third-order valence-corrected chi connectivity index (χ3v) is 4.52. The highest BCUT2D eigenvalue weighted by atomic mass is 19.1. The van der Waals surface area contributed by atoms with Gasteiger partial charge in [-0.25, -0.2) is 9.37 Å². The molecule has 1 aromatic carbocycles. The molecule has 0 aliphatic carbocycles. The Morgan fingerprint density at radius 3 is 2.91 bits per heavy atom. The monoisotopic (exact) mass is 317 g/mol. The maximum absolute atomic E-state index is 13.3. The van der Waals surface area contributed by atoms with E-state index in [1.54, 1.807) is 12.3 Å². The molecular formula is C18H24FN3O. The molecule has 1 saturated heterocycles. The van der Waals surface area contributed by atoms with Crippen molar-refractivity contribution in [3.8, 4) is 11.5 Å². The standard InChI is InChI=1S/C18H24FN3O/c1-20-8-5-14-6-9-22(10-7-14)12-17-13-23-18(21-17)15-3-2-4-16(19)11-15/h2-4,11,13-14,20H,5-10,12H2,1H3. The number of aromatic nitrogens is 1. The number of rotatable bonds is 6. The second-order valence-corrected chi connectivity index (χ2v) is 6.27. The third-order valence-electron chi connectivity index (χ3n) is 4.52. The Bertz CT molecular complexity index is 620. The molecule has 1 N–H and O–H groups in total. The number of nitrogens with one attached hydrogen (secondary N) is 1. The van der Waals surface area contributed by atoms with Gasteiger partial charge < -0.3 is 9.73 Å². The molecule has 0 radical (unpaired) electrons. The Hall–Kier alpha value is -1.72. The van der Waals surface area contributed by atoms with Gasteiger partial charge in [0.05, 0.1) is 5.69 Å². The first-order valence-corrected chi connectivity index (χ1v) is 8.32. The van der Waals surface area contributed by atoms with Crippen LogP contribution in [0.2, 0.25) is 0 Å². The van der Waals surface area contributed by atoms with Gasteiger partial charge in [-0.15, -0.1) is 0 Å². The SMILES string of the molecule is CNCCC1CCN(Cc2coc(-c3cccc(F)c3)n2)CC1. The van der Waals surface area contributed by atoms with Gasteiger partial charge in [0.25, 0.3) is 0 Å². The second kappa shape index (κ2) is 7.70. The third kappa shape index (κ3) is 4.39.